The molecule has 1 aromatic rings. The molecule has 1 unspecified atom stereocenters. The summed E-state index contributed by atoms with van der Waals surface area (Å²) in [6, 6.07) is 8.53. The number of nitrogens with zero attached hydrogens (tertiary/aromatic N) is 2. The molecule has 2 fully saturated rings. The standard InChI is InChI=1S/C18H27N3O.2ClH/c1-14(16-11-19-12-16)18(22)20(2)13-15-7-3-4-8-17(15)21-9-5-6-10-21;;/h3-4,7-8,14,16,19H,5-6,9-13H2,1-2H3;2*1H. The van der Waals surface area contributed by atoms with E-state index >= 15 is 0 Å². The predicted octanol–water partition coefficient (Wildman–Crippen LogP) is 2.94. The zero-order valence-corrected chi connectivity index (χ0v) is 16.2. The number of carbonyl (C=O) groups excluding carboxylic acids is 1. The van der Waals surface area contributed by atoms with Crippen molar-refractivity contribution in [1.82, 2.24) is 10.2 Å². The van der Waals surface area contributed by atoms with Gasteiger partial charge in [0.15, 0.2) is 0 Å². The molecule has 4 nitrogen and oxygen atoms in total. The average molecular weight is 374 g/mol. The van der Waals surface area contributed by atoms with Crippen LogP contribution in [0.15, 0.2) is 24.3 Å². The molecule has 2 aliphatic heterocycles. The number of hydrogen-bond acceptors (Lipinski definition) is 3. The monoisotopic (exact) mass is 373 g/mol. The number of benzene rings is 1. The summed E-state index contributed by atoms with van der Waals surface area (Å²) in [5, 5.41) is 3.25. The van der Waals surface area contributed by atoms with Gasteiger partial charge in [0.2, 0.25) is 5.91 Å². The number of anilines is 1. The second-order valence-corrected chi connectivity index (χ2v) is 6.72. The molecule has 24 heavy (non-hydrogen) atoms. The van der Waals surface area contributed by atoms with Crippen molar-refractivity contribution in [3.8, 4) is 0 Å². The Bertz CT molecular complexity index is 531. The minimum atomic E-state index is 0. The van der Waals surface area contributed by atoms with Gasteiger partial charge in [-0.3, -0.25) is 4.79 Å². The zero-order valence-electron chi connectivity index (χ0n) is 14.5. The fourth-order valence-corrected chi connectivity index (χ4v) is 3.46. The maximum atomic E-state index is 12.6. The Morgan fingerprint density at radius 3 is 2.46 bits per heavy atom. The second-order valence-electron chi connectivity index (χ2n) is 6.72. The highest BCUT2D eigenvalue weighted by atomic mass is 35.5. The summed E-state index contributed by atoms with van der Waals surface area (Å²) in [4.78, 5) is 17.0. The van der Waals surface area contributed by atoms with E-state index in [2.05, 4.69) is 41.4 Å². The number of amides is 1. The van der Waals surface area contributed by atoms with E-state index in [4.69, 9.17) is 0 Å². The summed E-state index contributed by atoms with van der Waals surface area (Å²) < 4.78 is 0. The van der Waals surface area contributed by atoms with E-state index in [-0.39, 0.29) is 36.6 Å². The van der Waals surface area contributed by atoms with Crippen molar-refractivity contribution in [3.05, 3.63) is 29.8 Å². The highest BCUT2D eigenvalue weighted by Gasteiger charge is 2.30. The van der Waals surface area contributed by atoms with E-state index < -0.39 is 0 Å². The van der Waals surface area contributed by atoms with Crippen LogP contribution in [0.3, 0.4) is 0 Å². The van der Waals surface area contributed by atoms with Crippen LogP contribution in [0.25, 0.3) is 0 Å². The second kappa shape index (κ2) is 9.50. The number of carbonyl (C=O) groups is 1. The summed E-state index contributed by atoms with van der Waals surface area (Å²) >= 11 is 0. The predicted molar refractivity (Wildman–Crippen MR) is 104 cm³/mol. The Labute approximate surface area is 157 Å². The number of hydrogen-bond donors (Lipinski definition) is 1. The molecule has 0 aromatic heterocycles. The highest BCUT2D eigenvalue weighted by molar-refractivity contribution is 5.85. The van der Waals surface area contributed by atoms with Crippen LogP contribution in [-0.2, 0) is 11.3 Å². The molecule has 136 valence electrons. The molecule has 1 N–H and O–H groups in total. The molecular weight excluding hydrogens is 345 g/mol. The van der Waals surface area contributed by atoms with Gasteiger partial charge in [0.25, 0.3) is 0 Å². The van der Waals surface area contributed by atoms with E-state index in [1.165, 1.54) is 24.1 Å². The molecule has 6 heteroatoms. The molecule has 2 aliphatic rings. The zero-order chi connectivity index (χ0) is 15.5. The average Bonchev–Trinajstić information content (AvgIpc) is 2.99. The van der Waals surface area contributed by atoms with Crippen molar-refractivity contribution in [2.24, 2.45) is 11.8 Å². The number of para-hydroxylation sites is 1. The van der Waals surface area contributed by atoms with Crippen LogP contribution in [0.1, 0.15) is 25.3 Å². The summed E-state index contributed by atoms with van der Waals surface area (Å²) in [6.07, 6.45) is 2.55. The molecule has 0 spiro atoms. The Hall–Kier alpha value is -0.970. The van der Waals surface area contributed by atoms with Crippen LogP contribution in [0.5, 0.6) is 0 Å². The summed E-state index contributed by atoms with van der Waals surface area (Å²) in [6.45, 7) is 7.00. The maximum Gasteiger partial charge on any atom is 0.225 e. The van der Waals surface area contributed by atoms with Crippen molar-refractivity contribution in [3.63, 3.8) is 0 Å². The lowest BCUT2D eigenvalue weighted by molar-refractivity contribution is -0.136. The fourth-order valence-electron chi connectivity index (χ4n) is 3.46. The van der Waals surface area contributed by atoms with E-state index in [9.17, 15) is 4.79 Å². The largest absolute Gasteiger partial charge is 0.371 e. The lowest BCUT2D eigenvalue weighted by atomic mass is 9.88. The van der Waals surface area contributed by atoms with Crippen LogP contribution in [0.4, 0.5) is 5.69 Å². The molecule has 0 bridgehead atoms. The molecule has 0 saturated carbocycles. The van der Waals surface area contributed by atoms with Crippen LogP contribution in [0, 0.1) is 11.8 Å². The molecule has 1 aromatic carbocycles. The molecule has 2 heterocycles. The first kappa shape index (κ1) is 21.1. The first-order chi connectivity index (χ1) is 10.7. The maximum absolute atomic E-state index is 12.6. The summed E-state index contributed by atoms with van der Waals surface area (Å²) in [7, 11) is 1.94. The van der Waals surface area contributed by atoms with Gasteiger partial charge in [-0.2, -0.15) is 0 Å². The van der Waals surface area contributed by atoms with Crippen LogP contribution >= 0.6 is 24.8 Å². The van der Waals surface area contributed by atoms with E-state index in [0.29, 0.717) is 12.5 Å². The Morgan fingerprint density at radius 2 is 1.88 bits per heavy atom. The van der Waals surface area contributed by atoms with Gasteiger partial charge in [-0.05, 0) is 43.5 Å². The first-order valence-corrected chi connectivity index (χ1v) is 8.45. The van der Waals surface area contributed by atoms with Crippen molar-refractivity contribution in [2.45, 2.75) is 26.3 Å². The SMILES string of the molecule is CC(C(=O)N(C)Cc1ccccc1N1CCCC1)C1CNC1.Cl.Cl. The van der Waals surface area contributed by atoms with E-state index in [0.717, 1.165) is 26.2 Å². The smallest absolute Gasteiger partial charge is 0.225 e. The molecule has 3 rings (SSSR count). The Balaban J connectivity index is 0.00000144. The normalized spacial score (nSPS) is 18.2. The van der Waals surface area contributed by atoms with Gasteiger partial charge >= 0.3 is 0 Å². The van der Waals surface area contributed by atoms with Gasteiger partial charge in [0, 0.05) is 38.3 Å². The van der Waals surface area contributed by atoms with Crippen LogP contribution < -0.4 is 10.2 Å². The van der Waals surface area contributed by atoms with E-state index in [1.807, 2.05) is 11.9 Å². The van der Waals surface area contributed by atoms with E-state index in [1.54, 1.807) is 0 Å². The van der Waals surface area contributed by atoms with Crippen molar-refractivity contribution >= 4 is 36.4 Å². The molecule has 2 saturated heterocycles. The minimum absolute atomic E-state index is 0. The molecule has 1 atom stereocenters. The summed E-state index contributed by atoms with van der Waals surface area (Å²) in [5.41, 5.74) is 2.57. The number of rotatable bonds is 5. The van der Waals surface area contributed by atoms with Crippen molar-refractivity contribution in [1.29, 1.82) is 0 Å². The number of nitrogens with one attached hydrogen (secondary N) is 1. The van der Waals surface area contributed by atoms with Gasteiger partial charge in [-0.1, -0.05) is 25.1 Å². The minimum Gasteiger partial charge on any atom is -0.371 e. The third-order valence-corrected chi connectivity index (χ3v) is 5.13. The van der Waals surface area contributed by atoms with Gasteiger partial charge in [-0.15, -0.1) is 24.8 Å². The molecule has 0 aliphatic carbocycles. The molecule has 0 radical (unpaired) electrons. The molecule has 1 amide bonds. The molecular formula is C18H29Cl2N3O. The third kappa shape index (κ3) is 4.56. The van der Waals surface area contributed by atoms with Crippen molar-refractivity contribution in [2.75, 3.05) is 38.1 Å². The van der Waals surface area contributed by atoms with Gasteiger partial charge < -0.3 is 15.1 Å². The van der Waals surface area contributed by atoms with Gasteiger partial charge in [0.1, 0.15) is 0 Å². The number of halogens is 2. The first-order valence-electron chi connectivity index (χ1n) is 8.45. The van der Waals surface area contributed by atoms with Gasteiger partial charge in [0.05, 0.1) is 0 Å². The van der Waals surface area contributed by atoms with Crippen molar-refractivity contribution < 1.29 is 4.79 Å². The quantitative estimate of drug-likeness (QED) is 0.861. The topological polar surface area (TPSA) is 35.6 Å². The third-order valence-electron chi connectivity index (χ3n) is 5.13. The Kier molecular flexibility index (Phi) is 8.34. The van der Waals surface area contributed by atoms with Gasteiger partial charge in [-0.25, -0.2) is 0 Å². The fraction of sp³-hybridized carbons (Fsp3) is 0.611. The van der Waals surface area contributed by atoms with Crippen LogP contribution in [0.2, 0.25) is 0 Å². The van der Waals surface area contributed by atoms with Crippen LogP contribution in [-0.4, -0.2) is 44.0 Å². The highest BCUT2D eigenvalue weighted by Crippen LogP contribution is 2.26. The lowest BCUT2D eigenvalue weighted by Gasteiger charge is -2.34. The summed E-state index contributed by atoms with van der Waals surface area (Å²) in [5.74, 6) is 0.886. The lowest BCUT2D eigenvalue weighted by Crippen LogP contribution is -2.49. The Morgan fingerprint density at radius 1 is 1.25 bits per heavy atom.